The maximum atomic E-state index is 10.4. The van der Waals surface area contributed by atoms with E-state index in [0.29, 0.717) is 0 Å². The Morgan fingerprint density at radius 2 is 1.53 bits per heavy atom. The molecule has 0 saturated heterocycles. The number of nitro groups is 1. The van der Waals surface area contributed by atoms with Crippen LogP contribution in [-0.4, -0.2) is 103 Å². The van der Waals surface area contributed by atoms with Gasteiger partial charge in [-0.25, -0.2) is 4.57 Å². The summed E-state index contributed by atoms with van der Waals surface area (Å²) in [5.74, 6) is -0.121. The number of nitrogens with zero attached hydrogens (tertiary/aromatic N) is 1. The Labute approximate surface area is 164 Å². The summed E-state index contributed by atoms with van der Waals surface area (Å²) in [4.78, 5) is 26.4. The molecule has 0 atom stereocenters. The summed E-state index contributed by atoms with van der Waals surface area (Å²) in [7, 11) is -4.60. The molecule has 0 unspecified atom stereocenters. The molecule has 2 N–H and O–H groups in total. The van der Waals surface area contributed by atoms with Gasteiger partial charge in [0, 0.05) is 12.1 Å². The second kappa shape index (κ2) is 10.4. The van der Waals surface area contributed by atoms with E-state index in [0.717, 1.165) is 24.3 Å². The minimum absolute atomic E-state index is 0. The van der Waals surface area contributed by atoms with Crippen molar-refractivity contribution in [3.8, 4) is 5.75 Å². The van der Waals surface area contributed by atoms with Gasteiger partial charge in [0.2, 0.25) is 0 Å². The van der Waals surface area contributed by atoms with E-state index in [1.807, 2.05) is 0 Å². The van der Waals surface area contributed by atoms with Crippen LogP contribution in [0, 0.1) is 10.1 Å². The van der Waals surface area contributed by atoms with E-state index >= 15 is 0 Å². The predicted molar refractivity (Wildman–Crippen MR) is 67.2 cm³/mol. The zero-order valence-electron chi connectivity index (χ0n) is 6.73. The van der Waals surface area contributed by atoms with Crippen molar-refractivity contribution in [3.63, 3.8) is 0 Å². The van der Waals surface area contributed by atoms with Crippen molar-refractivity contribution in [2.45, 2.75) is 0 Å². The molecular formula is C6H9NNa3O6P. The van der Waals surface area contributed by atoms with E-state index in [2.05, 4.69) is 4.52 Å². The molecule has 1 rings (SSSR count). The molecule has 0 amide bonds. The maximum absolute atomic E-state index is 10.4. The molecule has 7 nitrogen and oxygen atoms in total. The summed E-state index contributed by atoms with van der Waals surface area (Å²) in [5, 5.41) is 10.2. The van der Waals surface area contributed by atoms with Crippen LogP contribution in [0.2, 0.25) is 0 Å². The van der Waals surface area contributed by atoms with Crippen LogP contribution in [0.1, 0.15) is 0 Å². The molecule has 0 aliphatic heterocycles. The molecule has 0 spiro atoms. The van der Waals surface area contributed by atoms with Crippen LogP contribution in [-0.2, 0) is 4.57 Å². The van der Waals surface area contributed by atoms with Crippen LogP contribution < -0.4 is 4.52 Å². The van der Waals surface area contributed by atoms with Crippen molar-refractivity contribution in [1.82, 2.24) is 0 Å². The Morgan fingerprint density at radius 3 is 1.82 bits per heavy atom. The van der Waals surface area contributed by atoms with Crippen LogP contribution in [0.5, 0.6) is 5.75 Å². The van der Waals surface area contributed by atoms with Crippen LogP contribution in [0.4, 0.5) is 5.69 Å². The first kappa shape index (κ1) is 23.6. The Morgan fingerprint density at radius 1 is 1.12 bits per heavy atom. The molecule has 11 heteroatoms. The van der Waals surface area contributed by atoms with Crippen molar-refractivity contribution in [2.24, 2.45) is 0 Å². The Kier molecular flexibility index (Phi) is 14.4. The van der Waals surface area contributed by atoms with E-state index in [4.69, 9.17) is 9.79 Å². The number of non-ortho nitro benzene ring substituents is 1. The average molecular weight is 291 g/mol. The van der Waals surface area contributed by atoms with Crippen molar-refractivity contribution in [3.05, 3.63) is 34.4 Å². The predicted octanol–water partition coefficient (Wildman–Crippen LogP) is -0.879. The molecule has 82 valence electrons. The number of rotatable bonds is 3. The second-order valence-corrected chi connectivity index (χ2v) is 3.50. The topological polar surface area (TPSA) is 110 Å². The van der Waals surface area contributed by atoms with Crippen LogP contribution in [0.3, 0.4) is 0 Å². The molecule has 0 fully saturated rings. The van der Waals surface area contributed by atoms with Gasteiger partial charge in [-0.15, -0.1) is 0 Å². The summed E-state index contributed by atoms with van der Waals surface area (Å²) >= 11 is 0. The third kappa shape index (κ3) is 10.1. The Balaban J connectivity index is -0.000000653. The fourth-order valence-electron chi connectivity index (χ4n) is 0.766. The number of benzene rings is 1. The van der Waals surface area contributed by atoms with Gasteiger partial charge in [0.15, 0.2) is 0 Å². The summed E-state index contributed by atoms with van der Waals surface area (Å²) in [6.45, 7) is 0. The standard InChI is InChI=1S/C6H6NO6P.3Na.3H/c8-7(9)5-1-3-6(4-2-5)13-14(10,11)12;;;;;;/h1-4H,(H2,10,11,12);;;;;;. The first-order valence-corrected chi connectivity index (χ1v) is 4.91. The van der Waals surface area contributed by atoms with Gasteiger partial charge in [-0.2, -0.15) is 0 Å². The van der Waals surface area contributed by atoms with Gasteiger partial charge >= 0.3 is 96.5 Å². The molecule has 17 heavy (non-hydrogen) atoms. The van der Waals surface area contributed by atoms with E-state index < -0.39 is 12.7 Å². The summed E-state index contributed by atoms with van der Waals surface area (Å²) in [6.07, 6.45) is 0. The van der Waals surface area contributed by atoms with E-state index in [9.17, 15) is 14.7 Å². The van der Waals surface area contributed by atoms with Gasteiger partial charge in [0.05, 0.1) is 4.92 Å². The van der Waals surface area contributed by atoms with Crippen LogP contribution in [0.15, 0.2) is 24.3 Å². The number of phosphoric acid groups is 1. The monoisotopic (exact) mass is 291 g/mol. The molecule has 0 aliphatic rings. The SMILES string of the molecule is O=[N+]([O-])c1ccc(OP(=O)(O)O)cc1.[NaH].[NaH].[NaH]. The van der Waals surface area contributed by atoms with E-state index in [-0.39, 0.29) is 100 Å². The fourth-order valence-corrected chi connectivity index (χ4v) is 1.16. The zero-order chi connectivity index (χ0) is 10.8. The normalized spacial score (nSPS) is 9.06. The third-order valence-electron chi connectivity index (χ3n) is 1.27. The Hall–Kier alpha value is 1.57. The van der Waals surface area contributed by atoms with Crippen LogP contribution in [0.25, 0.3) is 0 Å². The minimum atomic E-state index is -4.60. The van der Waals surface area contributed by atoms with E-state index in [1.54, 1.807) is 0 Å². The molecule has 0 saturated carbocycles. The number of hydrogen-bond donors (Lipinski definition) is 2. The molecule has 0 bridgehead atoms. The number of hydrogen-bond acceptors (Lipinski definition) is 4. The van der Waals surface area contributed by atoms with Crippen molar-refractivity contribution < 1.29 is 23.8 Å². The zero-order valence-corrected chi connectivity index (χ0v) is 7.63. The first-order valence-electron chi connectivity index (χ1n) is 3.38. The molecule has 0 radical (unpaired) electrons. The van der Waals surface area contributed by atoms with Gasteiger partial charge in [-0.1, -0.05) is 0 Å². The van der Waals surface area contributed by atoms with Gasteiger partial charge in [0.1, 0.15) is 5.75 Å². The first-order chi connectivity index (χ1) is 6.38. The average Bonchev–Trinajstić information content (AvgIpc) is 2.02. The summed E-state index contributed by atoms with van der Waals surface area (Å²) in [5.41, 5.74) is -0.178. The van der Waals surface area contributed by atoms with Crippen molar-refractivity contribution in [1.29, 1.82) is 0 Å². The molecule has 1 aromatic carbocycles. The molecule has 0 aliphatic carbocycles. The van der Waals surface area contributed by atoms with Crippen molar-refractivity contribution in [2.75, 3.05) is 0 Å². The number of phosphoric ester groups is 1. The molecule has 1 aromatic rings. The molecular weight excluding hydrogens is 282 g/mol. The summed E-state index contributed by atoms with van der Waals surface area (Å²) in [6, 6.07) is 4.39. The second-order valence-electron chi connectivity index (χ2n) is 2.33. The third-order valence-corrected chi connectivity index (χ3v) is 1.72. The van der Waals surface area contributed by atoms with Crippen molar-refractivity contribution >= 4 is 102 Å². The quantitative estimate of drug-likeness (QED) is 0.324. The Bertz CT molecular complexity index is 393. The van der Waals surface area contributed by atoms with E-state index in [1.165, 1.54) is 0 Å². The van der Waals surface area contributed by atoms with Gasteiger partial charge in [-0.05, 0) is 12.1 Å². The summed E-state index contributed by atoms with van der Waals surface area (Å²) < 4.78 is 14.5. The van der Waals surface area contributed by atoms with Gasteiger partial charge in [-0.3, -0.25) is 19.9 Å². The molecule has 0 aromatic heterocycles. The fraction of sp³-hybridized carbons (Fsp3) is 0. The number of nitro benzene ring substituents is 1. The van der Waals surface area contributed by atoms with Crippen LogP contribution >= 0.6 is 7.82 Å². The molecule has 0 heterocycles. The van der Waals surface area contributed by atoms with Gasteiger partial charge < -0.3 is 4.52 Å². The van der Waals surface area contributed by atoms with Gasteiger partial charge in [0.25, 0.3) is 5.69 Å².